The fourth-order valence-corrected chi connectivity index (χ4v) is 4.40. The fraction of sp³-hybridized carbons (Fsp3) is 0.435. The van der Waals surface area contributed by atoms with Gasteiger partial charge < -0.3 is 14.4 Å². The van der Waals surface area contributed by atoms with Crippen LogP contribution in [0.2, 0.25) is 0 Å². The van der Waals surface area contributed by atoms with Crippen LogP contribution in [0.5, 0.6) is 11.5 Å². The summed E-state index contributed by atoms with van der Waals surface area (Å²) < 4.78 is 74.5. The molecule has 1 aliphatic heterocycles. The van der Waals surface area contributed by atoms with E-state index in [0.717, 1.165) is 30.7 Å². The van der Waals surface area contributed by atoms with Gasteiger partial charge in [0.2, 0.25) is 5.91 Å². The molecule has 0 atom stereocenters. The Balaban J connectivity index is 1.86. The lowest BCUT2D eigenvalue weighted by atomic mass is 9.92. The molecule has 0 saturated carbocycles. The first-order chi connectivity index (χ1) is 15.7. The Kier molecular flexibility index (Phi) is 7.07. The van der Waals surface area contributed by atoms with Crippen LogP contribution in [0.25, 0.3) is 0 Å². The van der Waals surface area contributed by atoms with Gasteiger partial charge in [0, 0.05) is 12.6 Å². The number of alkyl halides is 3. The van der Waals surface area contributed by atoms with Crippen molar-refractivity contribution in [3.05, 3.63) is 42.5 Å². The summed E-state index contributed by atoms with van der Waals surface area (Å²) in [6.07, 6.45) is -4.09. The fourth-order valence-electron chi connectivity index (χ4n) is 3.35. The van der Waals surface area contributed by atoms with Crippen molar-refractivity contribution < 1.29 is 35.9 Å². The molecule has 1 N–H and O–H groups in total. The van der Waals surface area contributed by atoms with Crippen molar-refractivity contribution in [1.82, 2.24) is 0 Å². The zero-order valence-electron chi connectivity index (χ0n) is 19.3. The topological polar surface area (TPSA) is 84.9 Å². The molecule has 0 spiro atoms. The second-order valence-electron chi connectivity index (χ2n) is 9.12. The number of rotatable bonds is 7. The Morgan fingerprint density at radius 1 is 1.15 bits per heavy atom. The molecule has 0 fully saturated rings. The number of anilines is 2. The lowest BCUT2D eigenvalue weighted by Crippen LogP contribution is -2.42. The number of nitrogens with zero attached hydrogens (tertiary/aromatic N) is 1. The van der Waals surface area contributed by atoms with E-state index in [0.29, 0.717) is 23.9 Å². The van der Waals surface area contributed by atoms with E-state index in [1.54, 1.807) is 24.8 Å². The Labute approximate surface area is 196 Å². The van der Waals surface area contributed by atoms with E-state index in [1.165, 1.54) is 12.1 Å². The molecule has 3 rings (SSSR count). The standard InChI is InChI=1S/C23H27F3N2O5S/c1-15(2)11-12-28-19-10-5-16(13-20(19)32-14-22(3,4)21(28)29)27-34(30,31)18-8-6-17(7-9-18)33-23(24,25)26/h5-10,13,15,27H,11-12,14H2,1-4H3. The highest BCUT2D eigenvalue weighted by Gasteiger charge is 2.38. The van der Waals surface area contributed by atoms with E-state index in [9.17, 15) is 26.4 Å². The molecule has 0 aliphatic carbocycles. The maximum Gasteiger partial charge on any atom is 0.573 e. The average Bonchev–Trinajstić information content (AvgIpc) is 2.80. The SMILES string of the molecule is CC(C)CCN1C(=O)C(C)(C)COc2cc(NS(=O)(=O)c3ccc(OC(F)(F)F)cc3)ccc21. The van der Waals surface area contributed by atoms with Gasteiger partial charge in [-0.3, -0.25) is 9.52 Å². The van der Waals surface area contributed by atoms with Gasteiger partial charge in [0.25, 0.3) is 10.0 Å². The highest BCUT2D eigenvalue weighted by Crippen LogP contribution is 2.39. The number of fused-ring (bicyclic) bond motifs is 1. The van der Waals surface area contributed by atoms with Crippen molar-refractivity contribution in [2.24, 2.45) is 11.3 Å². The molecule has 0 saturated heterocycles. The zero-order valence-corrected chi connectivity index (χ0v) is 20.1. The van der Waals surface area contributed by atoms with Crippen molar-refractivity contribution in [3.8, 4) is 11.5 Å². The van der Waals surface area contributed by atoms with Gasteiger partial charge in [0.15, 0.2) is 0 Å². The van der Waals surface area contributed by atoms with Gasteiger partial charge in [0.05, 0.1) is 21.7 Å². The van der Waals surface area contributed by atoms with Crippen LogP contribution in [-0.2, 0) is 14.8 Å². The highest BCUT2D eigenvalue weighted by molar-refractivity contribution is 7.92. The van der Waals surface area contributed by atoms with Crippen LogP contribution in [0.3, 0.4) is 0 Å². The molecule has 186 valence electrons. The summed E-state index contributed by atoms with van der Waals surface area (Å²) in [5.74, 6) is 0.124. The molecule has 0 radical (unpaired) electrons. The van der Waals surface area contributed by atoms with Gasteiger partial charge in [-0.2, -0.15) is 0 Å². The number of nitrogens with one attached hydrogen (secondary N) is 1. The van der Waals surface area contributed by atoms with Crippen molar-refractivity contribution in [2.75, 3.05) is 22.8 Å². The number of halogens is 3. The van der Waals surface area contributed by atoms with Crippen molar-refractivity contribution >= 4 is 27.3 Å². The molecule has 2 aromatic carbocycles. The minimum absolute atomic E-state index is 0.0820. The summed E-state index contributed by atoms with van der Waals surface area (Å²) in [5, 5.41) is 0. The summed E-state index contributed by atoms with van der Waals surface area (Å²) in [4.78, 5) is 14.5. The average molecular weight is 501 g/mol. The predicted molar refractivity (Wildman–Crippen MR) is 121 cm³/mol. The molecule has 0 unspecified atom stereocenters. The second-order valence-corrected chi connectivity index (χ2v) is 10.8. The van der Waals surface area contributed by atoms with Crippen LogP contribution in [0, 0.1) is 11.3 Å². The molecule has 0 bridgehead atoms. The number of benzene rings is 2. The molecule has 1 amide bonds. The number of hydrogen-bond acceptors (Lipinski definition) is 5. The van der Waals surface area contributed by atoms with Crippen LogP contribution in [0.1, 0.15) is 34.1 Å². The quantitative estimate of drug-likeness (QED) is 0.566. The second kappa shape index (κ2) is 9.36. The summed E-state index contributed by atoms with van der Waals surface area (Å²) in [5.41, 5.74) is -0.0336. The molecule has 1 heterocycles. The molecular formula is C23H27F3N2O5S. The predicted octanol–water partition coefficient (Wildman–Crippen LogP) is 5.18. The molecule has 0 aromatic heterocycles. The smallest absolute Gasteiger partial charge is 0.490 e. The Morgan fingerprint density at radius 2 is 1.79 bits per heavy atom. The number of ether oxygens (including phenoxy) is 2. The third kappa shape index (κ3) is 6.13. The van der Waals surface area contributed by atoms with Crippen LogP contribution in [0.15, 0.2) is 47.4 Å². The number of carbonyl (C=O) groups excluding carboxylic acids is 1. The minimum Gasteiger partial charge on any atom is -0.490 e. The van der Waals surface area contributed by atoms with E-state index >= 15 is 0 Å². The van der Waals surface area contributed by atoms with E-state index in [4.69, 9.17) is 4.74 Å². The van der Waals surface area contributed by atoms with Crippen molar-refractivity contribution in [1.29, 1.82) is 0 Å². The monoisotopic (exact) mass is 500 g/mol. The van der Waals surface area contributed by atoms with Crippen LogP contribution >= 0.6 is 0 Å². The van der Waals surface area contributed by atoms with E-state index < -0.39 is 27.6 Å². The first kappa shape index (κ1) is 25.7. The molecule has 2 aromatic rings. The first-order valence-electron chi connectivity index (χ1n) is 10.7. The van der Waals surface area contributed by atoms with Crippen LogP contribution in [-0.4, -0.2) is 33.8 Å². The van der Waals surface area contributed by atoms with Gasteiger partial charge >= 0.3 is 6.36 Å². The third-order valence-electron chi connectivity index (χ3n) is 5.21. The number of sulfonamides is 1. The number of hydrogen-bond donors (Lipinski definition) is 1. The van der Waals surface area contributed by atoms with E-state index in [2.05, 4.69) is 23.3 Å². The lowest BCUT2D eigenvalue weighted by Gasteiger charge is -2.28. The maximum atomic E-state index is 13.1. The molecular weight excluding hydrogens is 473 g/mol. The van der Waals surface area contributed by atoms with E-state index in [-0.39, 0.29) is 23.1 Å². The van der Waals surface area contributed by atoms with Crippen LogP contribution < -0.4 is 19.1 Å². The van der Waals surface area contributed by atoms with Gasteiger partial charge in [-0.1, -0.05) is 13.8 Å². The number of amides is 1. The Hall–Kier alpha value is -2.95. The van der Waals surface area contributed by atoms with Gasteiger partial charge in [-0.15, -0.1) is 13.2 Å². The van der Waals surface area contributed by atoms with Gasteiger partial charge in [-0.25, -0.2) is 8.42 Å². The summed E-state index contributed by atoms with van der Waals surface area (Å²) in [6, 6.07) is 8.48. The molecule has 11 heteroatoms. The zero-order chi connectivity index (χ0) is 25.3. The first-order valence-corrected chi connectivity index (χ1v) is 12.1. The lowest BCUT2D eigenvalue weighted by molar-refractivity contribution is -0.274. The molecule has 1 aliphatic rings. The summed E-state index contributed by atoms with van der Waals surface area (Å²) in [7, 11) is -4.10. The number of carbonyl (C=O) groups is 1. The Morgan fingerprint density at radius 3 is 2.38 bits per heavy atom. The maximum absolute atomic E-state index is 13.1. The minimum atomic E-state index is -4.88. The van der Waals surface area contributed by atoms with E-state index in [1.807, 2.05) is 0 Å². The van der Waals surface area contributed by atoms with Gasteiger partial charge in [0.1, 0.15) is 18.1 Å². The highest BCUT2D eigenvalue weighted by atomic mass is 32.2. The molecule has 34 heavy (non-hydrogen) atoms. The normalized spacial score (nSPS) is 16.0. The third-order valence-corrected chi connectivity index (χ3v) is 6.61. The van der Waals surface area contributed by atoms with Crippen LogP contribution in [0.4, 0.5) is 24.5 Å². The summed E-state index contributed by atoms with van der Waals surface area (Å²) in [6.45, 7) is 8.31. The van der Waals surface area contributed by atoms with Crippen molar-refractivity contribution in [3.63, 3.8) is 0 Å². The summed E-state index contributed by atoms with van der Waals surface area (Å²) >= 11 is 0. The Bertz CT molecular complexity index is 1150. The molecule has 7 nitrogen and oxygen atoms in total. The largest absolute Gasteiger partial charge is 0.573 e. The van der Waals surface area contributed by atoms with Gasteiger partial charge in [-0.05, 0) is 62.6 Å². The van der Waals surface area contributed by atoms with Crippen molar-refractivity contribution in [2.45, 2.75) is 45.4 Å².